The molecule has 3 atom stereocenters. The minimum Gasteiger partial charge on any atom is -0.352 e. The summed E-state index contributed by atoms with van der Waals surface area (Å²) in [5.74, 6) is 0.885. The smallest absolute Gasteiger partial charge is 0.233 e. The first-order valence-electron chi connectivity index (χ1n) is 9.76. The minimum absolute atomic E-state index is 0.0280. The first kappa shape index (κ1) is 20.6. The van der Waals surface area contributed by atoms with Gasteiger partial charge in [-0.25, -0.2) is 4.39 Å². The number of hydrogen-bond acceptors (Lipinski definition) is 4. The Morgan fingerprint density at radius 2 is 2.07 bits per heavy atom. The Labute approximate surface area is 169 Å². The summed E-state index contributed by atoms with van der Waals surface area (Å²) in [5, 5.41) is 12.1. The zero-order valence-electron chi connectivity index (χ0n) is 16.4. The van der Waals surface area contributed by atoms with Crippen molar-refractivity contribution in [2.75, 3.05) is 0 Å². The summed E-state index contributed by atoms with van der Waals surface area (Å²) >= 11 is 1.38. The maximum Gasteiger partial charge on any atom is 0.233 e. The van der Waals surface area contributed by atoms with E-state index in [0.717, 1.165) is 12.0 Å². The van der Waals surface area contributed by atoms with E-state index in [1.165, 1.54) is 43.2 Å². The monoisotopic (exact) mass is 402 g/mol. The Bertz CT molecular complexity index is 820. The van der Waals surface area contributed by atoms with Crippen molar-refractivity contribution in [1.82, 2.24) is 20.1 Å². The molecule has 1 heterocycles. The van der Waals surface area contributed by atoms with E-state index in [1.54, 1.807) is 18.2 Å². The lowest BCUT2D eigenvalue weighted by atomic mass is 9.86. The van der Waals surface area contributed by atoms with Gasteiger partial charge in [0, 0.05) is 18.2 Å². The fourth-order valence-corrected chi connectivity index (χ4v) is 4.39. The van der Waals surface area contributed by atoms with Crippen LogP contribution in [0.5, 0.6) is 0 Å². The van der Waals surface area contributed by atoms with Crippen LogP contribution in [0.1, 0.15) is 39.5 Å². The van der Waals surface area contributed by atoms with E-state index in [2.05, 4.69) is 29.0 Å². The Hall–Kier alpha value is -2.15. The van der Waals surface area contributed by atoms with Crippen LogP contribution in [0.2, 0.25) is 0 Å². The number of nitrogens with zero attached hydrogens (tertiary/aromatic N) is 3. The molecule has 2 aromatic rings. The SMILES string of the molecule is C=CCn1c(S[C@H](C)C(=O)N[C@H]2CCCC[C@@H]2C)nnc1-c1ccc(F)cc1. The lowest BCUT2D eigenvalue weighted by Crippen LogP contribution is -2.44. The third kappa shape index (κ3) is 4.82. The number of rotatable bonds is 7. The summed E-state index contributed by atoms with van der Waals surface area (Å²) in [6.07, 6.45) is 6.39. The second-order valence-electron chi connectivity index (χ2n) is 7.35. The Kier molecular flexibility index (Phi) is 6.88. The Morgan fingerprint density at radius 3 is 2.75 bits per heavy atom. The first-order valence-corrected chi connectivity index (χ1v) is 10.6. The number of allylic oxidation sites excluding steroid dienone is 1. The van der Waals surface area contributed by atoms with E-state index < -0.39 is 0 Å². The highest BCUT2D eigenvalue weighted by atomic mass is 32.2. The molecule has 7 heteroatoms. The van der Waals surface area contributed by atoms with Crippen LogP contribution in [0.3, 0.4) is 0 Å². The fraction of sp³-hybridized carbons (Fsp3) is 0.476. The van der Waals surface area contributed by atoms with Crippen molar-refractivity contribution in [2.24, 2.45) is 5.92 Å². The highest BCUT2D eigenvalue weighted by Crippen LogP contribution is 2.28. The Balaban J connectivity index is 1.73. The van der Waals surface area contributed by atoms with E-state index in [9.17, 15) is 9.18 Å². The Morgan fingerprint density at radius 1 is 1.36 bits per heavy atom. The highest BCUT2D eigenvalue weighted by Gasteiger charge is 2.26. The van der Waals surface area contributed by atoms with Crippen LogP contribution in [-0.4, -0.2) is 32.0 Å². The van der Waals surface area contributed by atoms with Crippen LogP contribution in [0.15, 0.2) is 42.1 Å². The predicted octanol–water partition coefficient (Wildman–Crippen LogP) is 4.45. The standard InChI is InChI=1S/C21H27FN4OS/c1-4-13-26-19(16-9-11-17(22)12-10-16)24-25-21(26)28-15(3)20(27)23-18-8-6-5-7-14(18)2/h4,9-12,14-15,18H,1,5-8,13H2,2-3H3,(H,23,27)/t14-,15+,18-/m0/s1. The van der Waals surface area contributed by atoms with Gasteiger partial charge in [-0.2, -0.15) is 0 Å². The number of benzene rings is 1. The fourth-order valence-electron chi connectivity index (χ4n) is 3.52. The van der Waals surface area contributed by atoms with Crippen LogP contribution in [0, 0.1) is 11.7 Å². The zero-order chi connectivity index (χ0) is 20.1. The minimum atomic E-state index is -0.296. The van der Waals surface area contributed by atoms with Gasteiger partial charge in [-0.1, -0.05) is 37.6 Å². The molecule has 0 radical (unpaired) electrons. The molecule has 1 amide bonds. The normalized spacial score (nSPS) is 20.5. The molecule has 1 aliphatic carbocycles. The van der Waals surface area contributed by atoms with Gasteiger partial charge in [-0.05, 0) is 49.9 Å². The van der Waals surface area contributed by atoms with Gasteiger partial charge in [-0.3, -0.25) is 9.36 Å². The van der Waals surface area contributed by atoms with Gasteiger partial charge >= 0.3 is 0 Å². The summed E-state index contributed by atoms with van der Waals surface area (Å²) in [6.45, 7) is 8.40. The average Bonchev–Trinajstić information content (AvgIpc) is 3.07. The molecule has 0 aliphatic heterocycles. The molecular formula is C21H27FN4OS. The summed E-state index contributed by atoms with van der Waals surface area (Å²) in [5.41, 5.74) is 0.774. The summed E-state index contributed by atoms with van der Waals surface area (Å²) in [6, 6.07) is 6.40. The summed E-state index contributed by atoms with van der Waals surface area (Å²) in [7, 11) is 0. The van der Waals surface area contributed by atoms with Gasteiger partial charge in [-0.15, -0.1) is 16.8 Å². The molecule has 1 N–H and O–H groups in total. The van der Waals surface area contributed by atoms with Gasteiger partial charge in [0.25, 0.3) is 0 Å². The second kappa shape index (κ2) is 9.37. The molecule has 5 nitrogen and oxygen atoms in total. The van der Waals surface area contributed by atoms with Crippen molar-refractivity contribution < 1.29 is 9.18 Å². The quantitative estimate of drug-likeness (QED) is 0.549. The lowest BCUT2D eigenvalue weighted by molar-refractivity contribution is -0.121. The van der Waals surface area contributed by atoms with Crippen molar-refractivity contribution in [3.8, 4) is 11.4 Å². The van der Waals surface area contributed by atoms with Crippen LogP contribution in [0.25, 0.3) is 11.4 Å². The number of thioether (sulfide) groups is 1. The number of aromatic nitrogens is 3. The number of carbonyl (C=O) groups is 1. The molecular weight excluding hydrogens is 375 g/mol. The topological polar surface area (TPSA) is 59.8 Å². The van der Waals surface area contributed by atoms with E-state index in [1.807, 2.05) is 11.5 Å². The molecule has 0 saturated heterocycles. The highest BCUT2D eigenvalue weighted by molar-refractivity contribution is 8.00. The zero-order valence-corrected chi connectivity index (χ0v) is 17.2. The lowest BCUT2D eigenvalue weighted by Gasteiger charge is -2.30. The maximum atomic E-state index is 13.2. The number of amides is 1. The van der Waals surface area contributed by atoms with Gasteiger partial charge < -0.3 is 5.32 Å². The second-order valence-corrected chi connectivity index (χ2v) is 8.66. The number of carbonyl (C=O) groups excluding carboxylic acids is 1. The molecule has 0 bridgehead atoms. The van der Waals surface area contributed by atoms with E-state index in [0.29, 0.717) is 23.4 Å². The van der Waals surface area contributed by atoms with Crippen LogP contribution in [-0.2, 0) is 11.3 Å². The van der Waals surface area contributed by atoms with Crippen LogP contribution < -0.4 is 5.32 Å². The molecule has 1 aliphatic rings. The van der Waals surface area contributed by atoms with Gasteiger partial charge in [0.05, 0.1) is 5.25 Å². The molecule has 28 heavy (non-hydrogen) atoms. The van der Waals surface area contributed by atoms with Crippen LogP contribution in [0.4, 0.5) is 4.39 Å². The predicted molar refractivity (Wildman–Crippen MR) is 110 cm³/mol. The maximum absolute atomic E-state index is 13.2. The first-order chi connectivity index (χ1) is 13.5. The van der Waals surface area contributed by atoms with E-state index in [-0.39, 0.29) is 23.0 Å². The summed E-state index contributed by atoms with van der Waals surface area (Å²) < 4.78 is 15.1. The van der Waals surface area contributed by atoms with Crippen molar-refractivity contribution >= 4 is 17.7 Å². The molecule has 3 rings (SSSR count). The third-order valence-corrected chi connectivity index (χ3v) is 6.30. The van der Waals surface area contributed by atoms with Gasteiger partial charge in [0.1, 0.15) is 5.82 Å². The molecule has 0 unspecified atom stereocenters. The van der Waals surface area contributed by atoms with Crippen molar-refractivity contribution in [3.63, 3.8) is 0 Å². The van der Waals surface area contributed by atoms with E-state index >= 15 is 0 Å². The molecule has 1 fully saturated rings. The molecule has 1 aromatic carbocycles. The summed E-state index contributed by atoms with van der Waals surface area (Å²) in [4.78, 5) is 12.7. The largest absolute Gasteiger partial charge is 0.352 e. The average molecular weight is 403 g/mol. The van der Waals surface area contributed by atoms with Gasteiger partial charge in [0.2, 0.25) is 5.91 Å². The van der Waals surface area contributed by atoms with Crippen LogP contribution >= 0.6 is 11.8 Å². The van der Waals surface area contributed by atoms with Crippen molar-refractivity contribution in [2.45, 2.75) is 62.5 Å². The number of halogens is 1. The number of nitrogens with one attached hydrogen (secondary N) is 1. The number of hydrogen-bond donors (Lipinski definition) is 1. The molecule has 150 valence electrons. The molecule has 1 aromatic heterocycles. The van der Waals surface area contributed by atoms with Gasteiger partial charge in [0.15, 0.2) is 11.0 Å². The van der Waals surface area contributed by atoms with E-state index in [4.69, 9.17) is 0 Å². The third-order valence-electron chi connectivity index (χ3n) is 5.22. The van der Waals surface area contributed by atoms with Crippen molar-refractivity contribution in [1.29, 1.82) is 0 Å². The van der Waals surface area contributed by atoms with Crippen molar-refractivity contribution in [3.05, 3.63) is 42.7 Å². The molecule has 1 saturated carbocycles. The molecule has 0 spiro atoms.